The second-order valence-electron chi connectivity index (χ2n) is 22.7. The molecule has 2 aliphatic heterocycles. The topological polar surface area (TPSA) is 97.4 Å². The highest BCUT2D eigenvalue weighted by Crippen LogP contribution is 2.58. The number of phosphoric ester groups is 1. The maximum atomic E-state index is 15.2. The molecule has 0 aromatic heterocycles. The van der Waals surface area contributed by atoms with Crippen molar-refractivity contribution in [1.29, 1.82) is 0 Å². The van der Waals surface area contributed by atoms with Gasteiger partial charge in [0.25, 0.3) is 0 Å². The Morgan fingerprint density at radius 2 is 1.12 bits per heavy atom. The molecule has 64 heavy (non-hydrogen) atoms. The highest BCUT2D eigenvalue weighted by Gasteiger charge is 2.50. The predicted octanol–water partition coefficient (Wildman–Crippen LogP) is 14.5. The van der Waals surface area contributed by atoms with Crippen LogP contribution >= 0.6 is 7.82 Å². The van der Waals surface area contributed by atoms with Crippen molar-refractivity contribution in [2.75, 3.05) is 0 Å². The van der Waals surface area contributed by atoms with Crippen LogP contribution in [0.3, 0.4) is 0 Å². The summed E-state index contributed by atoms with van der Waals surface area (Å²) in [6.07, 6.45) is 3.05. The van der Waals surface area contributed by atoms with Crippen molar-refractivity contribution >= 4 is 19.8 Å². The van der Waals surface area contributed by atoms with Crippen LogP contribution in [0.15, 0.2) is 89.7 Å². The maximum absolute atomic E-state index is 15.2. The fourth-order valence-electron chi connectivity index (χ4n) is 9.16. The van der Waals surface area contributed by atoms with Crippen molar-refractivity contribution in [2.45, 2.75) is 147 Å². The number of rotatable bonds is 8. The Kier molecular flexibility index (Phi) is 11.6. The van der Waals surface area contributed by atoms with Crippen LogP contribution in [0.25, 0.3) is 0 Å². The van der Waals surface area contributed by atoms with Crippen molar-refractivity contribution < 1.29 is 37.2 Å². The molecule has 1 saturated heterocycles. The molecule has 0 spiro atoms. The maximum Gasteiger partial charge on any atom is 0.647 e. The number of hydrogen-bond acceptors (Lipinski definition) is 8. The average Bonchev–Trinajstić information content (AvgIpc) is 3.67. The number of hydrogen-bond donors (Lipinski definition) is 0. The number of carbonyl (C=O) groups is 2. The van der Waals surface area contributed by atoms with E-state index in [9.17, 15) is 9.59 Å². The molecule has 0 N–H and O–H groups in total. The summed E-state index contributed by atoms with van der Waals surface area (Å²) < 4.78 is 46.5. The standard InChI is InChI=1S/C55H67O8P/c1-31-23-35(43-39-27-37(51(5,6)7)28-41(52(8,9)10)47(39)59-49(43)56)24-32(2)45(31)62-64(58,61-38-21-19-18-20-22-38)63-46-33(3)25-36(26-34(46)4)44-40-29-55(17,54(14,15)16)30-42(53(11,12)13)48(40)60-50(44)57/h18-29,43-44H,30H2,1-17H3. The fraction of sp³-hybridized carbons (Fsp3) is 0.455. The van der Waals surface area contributed by atoms with Gasteiger partial charge >= 0.3 is 19.8 Å². The molecule has 4 aromatic rings. The molecule has 2 heterocycles. The molecule has 0 saturated carbocycles. The Hall–Kier alpha value is -5.07. The Bertz CT molecular complexity index is 2630. The van der Waals surface area contributed by atoms with Crippen molar-refractivity contribution in [2.24, 2.45) is 16.2 Å². The van der Waals surface area contributed by atoms with Crippen LogP contribution in [0, 0.1) is 43.9 Å². The molecule has 4 atom stereocenters. The van der Waals surface area contributed by atoms with E-state index in [0.717, 1.165) is 45.4 Å². The summed E-state index contributed by atoms with van der Waals surface area (Å²) in [7, 11) is -4.49. The number of fused-ring (bicyclic) bond motifs is 2. The van der Waals surface area contributed by atoms with E-state index < -0.39 is 19.7 Å². The molecular weight excluding hydrogens is 820 g/mol. The third-order valence-electron chi connectivity index (χ3n) is 13.5. The summed E-state index contributed by atoms with van der Waals surface area (Å²) in [5.41, 5.74) is 8.12. The summed E-state index contributed by atoms with van der Waals surface area (Å²) in [6, 6.07) is 20.6. The summed E-state index contributed by atoms with van der Waals surface area (Å²) >= 11 is 0. The van der Waals surface area contributed by atoms with Gasteiger partial charge in [0.2, 0.25) is 0 Å². The zero-order valence-corrected chi connectivity index (χ0v) is 41.9. The molecular formula is C55H67O8P. The summed E-state index contributed by atoms with van der Waals surface area (Å²) in [4.78, 5) is 27.8. The lowest BCUT2D eigenvalue weighted by atomic mass is 9.59. The highest BCUT2D eigenvalue weighted by atomic mass is 31.2. The number of para-hydroxylation sites is 1. The lowest BCUT2D eigenvalue weighted by molar-refractivity contribution is -0.137. The predicted molar refractivity (Wildman–Crippen MR) is 255 cm³/mol. The van der Waals surface area contributed by atoms with Gasteiger partial charge in [-0.05, 0) is 118 Å². The molecule has 7 rings (SSSR count). The minimum atomic E-state index is -4.49. The minimum absolute atomic E-state index is 0.0846. The molecule has 3 aliphatic rings. The van der Waals surface area contributed by atoms with Crippen LogP contribution in [-0.2, 0) is 29.7 Å². The number of aryl methyl sites for hydroxylation is 4. The SMILES string of the molecule is Cc1cc(C2C(=O)OC3=C(C(C)(C)C)CC(C)(C(C)(C)C)C=C32)cc(C)c1OP(=O)(Oc1ccccc1)Oc1c(C)cc(C2C(=O)Oc3c2cc(C(C)(C)C)cc3C(C)(C)C)cc1C. The molecule has 0 bridgehead atoms. The molecule has 1 fully saturated rings. The molecule has 9 heteroatoms. The van der Waals surface area contributed by atoms with E-state index in [-0.39, 0.29) is 39.0 Å². The van der Waals surface area contributed by atoms with E-state index in [1.54, 1.807) is 24.3 Å². The van der Waals surface area contributed by atoms with Gasteiger partial charge in [0.05, 0.1) is 0 Å². The Morgan fingerprint density at radius 3 is 1.59 bits per heavy atom. The van der Waals surface area contributed by atoms with Gasteiger partial charge in [0.1, 0.15) is 40.6 Å². The van der Waals surface area contributed by atoms with Gasteiger partial charge in [-0.3, -0.25) is 9.59 Å². The Labute approximate surface area is 381 Å². The first-order valence-electron chi connectivity index (χ1n) is 22.5. The van der Waals surface area contributed by atoms with Crippen molar-refractivity contribution in [3.05, 3.63) is 140 Å². The van der Waals surface area contributed by atoms with E-state index in [1.165, 1.54) is 0 Å². The van der Waals surface area contributed by atoms with Crippen molar-refractivity contribution in [3.8, 4) is 23.0 Å². The van der Waals surface area contributed by atoms with Gasteiger partial charge in [0.15, 0.2) is 0 Å². The normalized spacial score (nSPS) is 21.1. The number of carbonyl (C=O) groups excluding carboxylic acids is 2. The Balaban J connectivity index is 1.26. The Morgan fingerprint density at radius 1 is 0.625 bits per heavy atom. The van der Waals surface area contributed by atoms with E-state index >= 15 is 4.57 Å². The highest BCUT2D eigenvalue weighted by molar-refractivity contribution is 7.49. The molecule has 4 aromatic carbocycles. The van der Waals surface area contributed by atoms with Crippen molar-refractivity contribution in [1.82, 2.24) is 0 Å². The average molecular weight is 887 g/mol. The second-order valence-corrected chi connectivity index (χ2v) is 24.1. The van der Waals surface area contributed by atoms with E-state index in [1.807, 2.05) is 58.0 Å². The number of benzene rings is 4. The minimum Gasteiger partial charge on any atom is -0.426 e. The van der Waals surface area contributed by atoms with E-state index in [4.69, 9.17) is 23.0 Å². The van der Waals surface area contributed by atoms with Crippen LogP contribution in [0.5, 0.6) is 23.0 Å². The number of ether oxygens (including phenoxy) is 2. The lowest BCUT2D eigenvalue weighted by Gasteiger charge is -2.45. The third-order valence-corrected chi connectivity index (χ3v) is 14.7. The van der Waals surface area contributed by atoms with Crippen LogP contribution in [0.4, 0.5) is 0 Å². The number of esters is 2. The second kappa shape index (κ2) is 15.8. The summed E-state index contributed by atoms with van der Waals surface area (Å²) in [6.45, 7) is 35.9. The zero-order valence-electron chi connectivity index (χ0n) is 41.0. The first-order valence-corrected chi connectivity index (χ1v) is 23.9. The van der Waals surface area contributed by atoms with Gasteiger partial charge in [-0.15, -0.1) is 0 Å². The van der Waals surface area contributed by atoms with Gasteiger partial charge in [-0.25, -0.2) is 0 Å². The number of allylic oxidation sites excluding steroid dienone is 3. The molecule has 4 unspecified atom stereocenters. The van der Waals surface area contributed by atoms with E-state index in [0.29, 0.717) is 51.0 Å². The monoisotopic (exact) mass is 886 g/mol. The van der Waals surface area contributed by atoms with Crippen molar-refractivity contribution in [3.63, 3.8) is 0 Å². The number of phosphoric acid groups is 1. The first kappa shape index (κ1) is 46.9. The largest absolute Gasteiger partial charge is 0.647 e. The van der Waals surface area contributed by atoms with Gasteiger partial charge < -0.3 is 23.0 Å². The lowest BCUT2D eigenvalue weighted by Crippen LogP contribution is -2.36. The zero-order chi connectivity index (χ0) is 47.3. The van der Waals surface area contributed by atoms with Crippen LogP contribution < -0.4 is 18.3 Å². The van der Waals surface area contributed by atoms with Gasteiger partial charge in [-0.2, -0.15) is 4.57 Å². The molecule has 8 nitrogen and oxygen atoms in total. The fourth-order valence-corrected chi connectivity index (χ4v) is 10.7. The van der Waals surface area contributed by atoms with Crippen LogP contribution in [0.2, 0.25) is 0 Å². The summed E-state index contributed by atoms with van der Waals surface area (Å²) in [5, 5.41) is 0. The van der Waals surface area contributed by atoms with E-state index in [2.05, 4.69) is 108 Å². The van der Waals surface area contributed by atoms with Gasteiger partial charge in [0, 0.05) is 16.7 Å². The van der Waals surface area contributed by atoms with Crippen LogP contribution in [-0.4, -0.2) is 11.9 Å². The molecule has 0 radical (unpaired) electrons. The summed E-state index contributed by atoms with van der Waals surface area (Å²) in [5.74, 6) is 0.275. The first-order chi connectivity index (χ1) is 29.4. The quantitative estimate of drug-likeness (QED) is 0.0980. The molecule has 0 amide bonds. The van der Waals surface area contributed by atoms with Crippen LogP contribution in [0.1, 0.15) is 158 Å². The van der Waals surface area contributed by atoms with Gasteiger partial charge in [-0.1, -0.05) is 151 Å². The third kappa shape index (κ3) is 8.72. The molecule has 1 aliphatic carbocycles. The molecule has 340 valence electrons. The smallest absolute Gasteiger partial charge is 0.426 e.